The average Bonchev–Trinajstić information content (AvgIpc) is 2.21. The van der Waals surface area contributed by atoms with Gasteiger partial charge >= 0.3 is 0 Å². The predicted molar refractivity (Wildman–Crippen MR) is 53.7 cm³/mol. The molecule has 0 fully saturated rings. The summed E-state index contributed by atoms with van der Waals surface area (Å²) in [6.07, 6.45) is 4.23. The molecule has 0 radical (unpaired) electrons. The van der Waals surface area contributed by atoms with E-state index in [2.05, 4.69) is 9.98 Å². The number of nitrogens with zero attached hydrogens (tertiary/aromatic N) is 4. The quantitative estimate of drug-likeness (QED) is 0.445. The van der Waals surface area contributed by atoms with E-state index >= 15 is 0 Å². The Kier molecular flexibility index (Phi) is 3.10. The summed E-state index contributed by atoms with van der Waals surface area (Å²) < 4.78 is 13.4. The van der Waals surface area contributed by atoms with Gasteiger partial charge in [0, 0.05) is 6.08 Å². The number of halogens is 1. The van der Waals surface area contributed by atoms with Crippen LogP contribution in [0, 0.1) is 22.9 Å². The van der Waals surface area contributed by atoms with Gasteiger partial charge in [0.1, 0.15) is 5.71 Å². The molecule has 4 nitrogen and oxygen atoms in total. The van der Waals surface area contributed by atoms with Gasteiger partial charge in [-0.25, -0.2) is 4.39 Å². The highest BCUT2D eigenvalue weighted by Crippen LogP contribution is 2.21. The fourth-order valence-corrected chi connectivity index (χ4v) is 1.20. The predicted octanol–water partition coefficient (Wildman–Crippen LogP) is 2.03. The maximum Gasteiger partial charge on any atom is 0.206 e. The third-order valence-corrected chi connectivity index (χ3v) is 2.12. The molecule has 0 aromatic carbocycles. The van der Waals surface area contributed by atoms with Crippen molar-refractivity contribution in [2.24, 2.45) is 9.98 Å². The van der Waals surface area contributed by atoms with E-state index < -0.39 is 5.83 Å². The van der Waals surface area contributed by atoms with Gasteiger partial charge in [0.25, 0.3) is 0 Å². The minimum absolute atomic E-state index is 0.00638. The molecule has 1 aliphatic carbocycles. The van der Waals surface area contributed by atoms with Gasteiger partial charge in [-0.2, -0.15) is 20.5 Å². The summed E-state index contributed by atoms with van der Waals surface area (Å²) in [6, 6.07) is 0. The molecule has 0 amide bonds. The smallest absolute Gasteiger partial charge is 0.204 e. The van der Waals surface area contributed by atoms with Crippen LogP contribution >= 0.6 is 0 Å². The number of aliphatic imine (C=N–C) groups is 2. The zero-order valence-electron chi connectivity index (χ0n) is 8.24. The lowest BCUT2D eigenvalue weighted by molar-refractivity contribution is 0.681. The van der Waals surface area contributed by atoms with Gasteiger partial charge in [-0.1, -0.05) is 0 Å². The van der Waals surface area contributed by atoms with E-state index in [1.807, 2.05) is 0 Å². The van der Waals surface area contributed by atoms with Crippen molar-refractivity contribution in [3.63, 3.8) is 0 Å². The number of rotatable bonds is 0. The standard InChI is InChI=1S/C10H7FN4/c1-6-7(2)10(15-5-13)8(11)3-9(6)14-4-12/h3H,1-2H3. The van der Waals surface area contributed by atoms with E-state index in [1.165, 1.54) is 6.19 Å². The van der Waals surface area contributed by atoms with E-state index in [4.69, 9.17) is 10.5 Å². The largest absolute Gasteiger partial charge is 0.206 e. The third-order valence-electron chi connectivity index (χ3n) is 2.12. The maximum atomic E-state index is 13.4. The molecule has 74 valence electrons. The second-order valence-electron chi connectivity index (χ2n) is 2.90. The first-order valence-electron chi connectivity index (χ1n) is 4.11. The van der Waals surface area contributed by atoms with Gasteiger partial charge in [-0.15, -0.1) is 0 Å². The van der Waals surface area contributed by atoms with Crippen molar-refractivity contribution in [2.45, 2.75) is 13.8 Å². The molecule has 1 aliphatic rings. The van der Waals surface area contributed by atoms with Crippen LogP contribution in [-0.2, 0) is 0 Å². The van der Waals surface area contributed by atoms with Crippen molar-refractivity contribution in [1.82, 2.24) is 0 Å². The van der Waals surface area contributed by atoms with Crippen molar-refractivity contribution in [3.8, 4) is 12.4 Å². The molecule has 0 N–H and O–H groups in total. The number of nitriles is 2. The summed E-state index contributed by atoms with van der Waals surface area (Å²) in [5, 5.41) is 16.8. The van der Waals surface area contributed by atoms with Crippen molar-refractivity contribution in [1.29, 1.82) is 10.5 Å². The zero-order chi connectivity index (χ0) is 11.4. The molecule has 0 atom stereocenters. The summed E-state index contributed by atoms with van der Waals surface area (Å²) in [7, 11) is 0. The monoisotopic (exact) mass is 202 g/mol. The topological polar surface area (TPSA) is 72.3 Å². The molecular weight excluding hydrogens is 195 g/mol. The van der Waals surface area contributed by atoms with Crippen LogP contribution in [-0.4, -0.2) is 11.4 Å². The van der Waals surface area contributed by atoms with Crippen LogP contribution < -0.4 is 0 Å². The van der Waals surface area contributed by atoms with Crippen LogP contribution in [0.25, 0.3) is 0 Å². The minimum Gasteiger partial charge on any atom is -0.204 e. The third kappa shape index (κ3) is 1.97. The highest BCUT2D eigenvalue weighted by atomic mass is 19.1. The number of hydrogen-bond donors (Lipinski definition) is 0. The minimum atomic E-state index is -0.645. The SMILES string of the molecule is CC1=C(C)C(=NC#N)C(F)=CC1=NC#N. The Balaban J connectivity index is 3.35. The van der Waals surface area contributed by atoms with Crippen molar-refractivity contribution in [3.05, 3.63) is 23.0 Å². The molecule has 0 heterocycles. The molecule has 15 heavy (non-hydrogen) atoms. The van der Waals surface area contributed by atoms with Gasteiger partial charge in [-0.05, 0) is 25.0 Å². The normalized spacial score (nSPS) is 21.3. The second-order valence-corrected chi connectivity index (χ2v) is 2.90. The lowest BCUT2D eigenvalue weighted by Gasteiger charge is -2.13. The van der Waals surface area contributed by atoms with Gasteiger partial charge < -0.3 is 0 Å². The Hall–Kier alpha value is -2.27. The van der Waals surface area contributed by atoms with E-state index in [1.54, 1.807) is 20.0 Å². The fourth-order valence-electron chi connectivity index (χ4n) is 1.20. The molecule has 0 saturated carbocycles. The van der Waals surface area contributed by atoms with Gasteiger partial charge in [-0.3, -0.25) is 0 Å². The van der Waals surface area contributed by atoms with E-state index in [9.17, 15) is 4.39 Å². The summed E-state index contributed by atoms with van der Waals surface area (Å²) in [5.74, 6) is -0.645. The maximum absolute atomic E-state index is 13.4. The Morgan fingerprint density at radius 1 is 1.13 bits per heavy atom. The van der Waals surface area contributed by atoms with Crippen LogP contribution in [0.3, 0.4) is 0 Å². The lowest BCUT2D eigenvalue weighted by atomic mass is 9.95. The van der Waals surface area contributed by atoms with Gasteiger partial charge in [0.2, 0.25) is 12.4 Å². The van der Waals surface area contributed by atoms with Crippen LogP contribution in [0.2, 0.25) is 0 Å². The summed E-state index contributed by atoms with van der Waals surface area (Å²) in [6.45, 7) is 3.33. The van der Waals surface area contributed by atoms with Crippen molar-refractivity contribution < 1.29 is 4.39 Å². The zero-order valence-corrected chi connectivity index (χ0v) is 8.24. The number of allylic oxidation sites excluding steroid dienone is 4. The molecule has 0 spiro atoms. The molecule has 0 aromatic heterocycles. The Labute approximate surface area is 86.4 Å². The van der Waals surface area contributed by atoms with Crippen LogP contribution in [0.4, 0.5) is 4.39 Å². The molecule has 0 aromatic rings. The fraction of sp³-hybridized carbons (Fsp3) is 0.200. The molecule has 1 rings (SSSR count). The van der Waals surface area contributed by atoms with Gasteiger partial charge in [0.15, 0.2) is 5.83 Å². The second kappa shape index (κ2) is 4.30. The number of hydrogen-bond acceptors (Lipinski definition) is 4. The Morgan fingerprint density at radius 3 is 2.27 bits per heavy atom. The van der Waals surface area contributed by atoms with Crippen molar-refractivity contribution >= 4 is 11.4 Å². The van der Waals surface area contributed by atoms with Crippen LogP contribution in [0.1, 0.15) is 13.8 Å². The average molecular weight is 202 g/mol. The highest BCUT2D eigenvalue weighted by Gasteiger charge is 2.20. The summed E-state index contributed by atoms with van der Waals surface area (Å²) in [4.78, 5) is 6.84. The first-order chi connectivity index (χ1) is 7.11. The Bertz CT molecular complexity index is 494. The molecule has 0 saturated heterocycles. The highest BCUT2D eigenvalue weighted by molar-refractivity contribution is 6.25. The lowest BCUT2D eigenvalue weighted by Crippen LogP contribution is -2.14. The van der Waals surface area contributed by atoms with E-state index in [0.717, 1.165) is 6.08 Å². The van der Waals surface area contributed by atoms with E-state index in [0.29, 0.717) is 11.1 Å². The summed E-state index contributed by atoms with van der Waals surface area (Å²) >= 11 is 0. The summed E-state index contributed by atoms with van der Waals surface area (Å²) in [5.41, 5.74) is 1.44. The molecular formula is C10H7FN4. The molecule has 0 unspecified atom stereocenters. The molecule has 5 heteroatoms. The van der Waals surface area contributed by atoms with Gasteiger partial charge in [0.05, 0.1) is 5.71 Å². The van der Waals surface area contributed by atoms with Crippen LogP contribution in [0.5, 0.6) is 0 Å². The van der Waals surface area contributed by atoms with Crippen LogP contribution in [0.15, 0.2) is 33.0 Å². The van der Waals surface area contributed by atoms with Crippen molar-refractivity contribution in [2.75, 3.05) is 0 Å². The first kappa shape index (κ1) is 10.8. The molecule has 0 bridgehead atoms. The first-order valence-corrected chi connectivity index (χ1v) is 4.11. The van der Waals surface area contributed by atoms with E-state index in [-0.39, 0.29) is 11.4 Å². The Morgan fingerprint density at radius 2 is 1.73 bits per heavy atom. The molecule has 0 aliphatic heterocycles.